The maximum atomic E-state index is 16.3. The number of rotatable bonds is 5. The highest BCUT2D eigenvalue weighted by atomic mass is 19.1. The zero-order chi connectivity index (χ0) is 25.4. The van der Waals surface area contributed by atoms with Crippen LogP contribution in [0.1, 0.15) is 19.3 Å². The van der Waals surface area contributed by atoms with Crippen molar-refractivity contribution in [2.45, 2.75) is 25.3 Å². The molecule has 8 nitrogen and oxygen atoms in total. The molecule has 2 N–H and O–H groups in total. The number of anilines is 1. The van der Waals surface area contributed by atoms with Crippen molar-refractivity contribution < 1.29 is 14.2 Å². The van der Waals surface area contributed by atoms with Crippen molar-refractivity contribution in [1.29, 1.82) is 0 Å². The highest BCUT2D eigenvalue weighted by Crippen LogP contribution is 2.36. The van der Waals surface area contributed by atoms with Gasteiger partial charge in [-0.2, -0.15) is 9.97 Å². The topological polar surface area (TPSA) is 86.6 Å². The van der Waals surface area contributed by atoms with E-state index in [1.807, 2.05) is 24.3 Å². The smallest absolute Gasteiger partial charge is 0.319 e. The standard InChI is InChI=1S/C28H31FN6O2/c1-34-11-4-7-19(34)17-37-28-32-26-23(27(33-28)35-12-5-9-30-10-13-35)16-31-25(24(26)29)22-15-20(36)14-18-6-2-3-8-21(18)22/h2-3,6,8,14-16,19,30,36H,4-5,7,9-13,17H2,1H3/t19-/m0/s1. The number of halogens is 1. The molecule has 4 aromatic rings. The van der Waals surface area contributed by atoms with Crippen molar-refractivity contribution in [3.8, 4) is 23.0 Å². The number of phenolic OH excluding ortho intramolecular Hbond substituents is 1. The van der Waals surface area contributed by atoms with Crippen LogP contribution in [0.15, 0.2) is 42.6 Å². The van der Waals surface area contributed by atoms with Gasteiger partial charge >= 0.3 is 6.01 Å². The molecule has 2 aromatic carbocycles. The molecule has 0 radical (unpaired) electrons. The number of hydrogen-bond donors (Lipinski definition) is 2. The van der Waals surface area contributed by atoms with E-state index in [4.69, 9.17) is 9.72 Å². The summed E-state index contributed by atoms with van der Waals surface area (Å²) in [5, 5.41) is 15.9. The summed E-state index contributed by atoms with van der Waals surface area (Å²) < 4.78 is 22.4. The van der Waals surface area contributed by atoms with Gasteiger partial charge in [-0.3, -0.25) is 4.98 Å². The second kappa shape index (κ2) is 10.1. The van der Waals surface area contributed by atoms with Crippen LogP contribution in [-0.2, 0) is 0 Å². The van der Waals surface area contributed by atoms with Crippen LogP contribution in [0.3, 0.4) is 0 Å². The number of phenols is 1. The zero-order valence-corrected chi connectivity index (χ0v) is 21.0. The predicted octanol–water partition coefficient (Wildman–Crippen LogP) is 3.96. The van der Waals surface area contributed by atoms with Crippen LogP contribution in [0.2, 0.25) is 0 Å². The Hall–Kier alpha value is -3.56. The molecule has 2 aromatic heterocycles. The van der Waals surface area contributed by atoms with Gasteiger partial charge in [0.2, 0.25) is 0 Å². The molecule has 2 saturated heterocycles. The van der Waals surface area contributed by atoms with Gasteiger partial charge in [0.15, 0.2) is 5.82 Å². The Morgan fingerprint density at radius 1 is 1.08 bits per heavy atom. The largest absolute Gasteiger partial charge is 0.508 e. The minimum absolute atomic E-state index is 0.0557. The third-order valence-electron chi connectivity index (χ3n) is 7.46. The number of pyridine rings is 1. The molecule has 1 atom stereocenters. The second-order valence-electron chi connectivity index (χ2n) is 9.91. The fraction of sp³-hybridized carbons (Fsp3) is 0.393. The van der Waals surface area contributed by atoms with Crippen molar-refractivity contribution in [1.82, 2.24) is 25.2 Å². The van der Waals surface area contributed by atoms with Crippen LogP contribution in [0, 0.1) is 5.82 Å². The highest BCUT2D eigenvalue weighted by molar-refractivity contribution is 5.99. The Bertz CT molecular complexity index is 1440. The van der Waals surface area contributed by atoms with Crippen molar-refractivity contribution in [3.05, 3.63) is 48.4 Å². The van der Waals surface area contributed by atoms with Crippen molar-refractivity contribution in [2.24, 2.45) is 0 Å². The Kier molecular flexibility index (Phi) is 6.48. The highest BCUT2D eigenvalue weighted by Gasteiger charge is 2.25. The van der Waals surface area contributed by atoms with E-state index in [2.05, 4.69) is 32.1 Å². The molecule has 0 bridgehead atoms. The normalized spacial score (nSPS) is 19.0. The molecular weight excluding hydrogens is 471 g/mol. The third-order valence-corrected chi connectivity index (χ3v) is 7.46. The molecule has 6 rings (SSSR count). The van der Waals surface area contributed by atoms with Gasteiger partial charge in [-0.15, -0.1) is 0 Å². The lowest BCUT2D eigenvalue weighted by molar-refractivity contribution is 0.188. The molecule has 0 unspecified atom stereocenters. The van der Waals surface area contributed by atoms with Gasteiger partial charge in [-0.25, -0.2) is 4.39 Å². The molecular formula is C28H31FN6O2. The summed E-state index contributed by atoms with van der Waals surface area (Å²) in [6.45, 7) is 4.79. The number of likely N-dealkylation sites (tertiary alicyclic amines) is 1. The Morgan fingerprint density at radius 3 is 2.84 bits per heavy atom. The summed E-state index contributed by atoms with van der Waals surface area (Å²) in [5.74, 6) is 0.148. The maximum Gasteiger partial charge on any atom is 0.319 e. The van der Waals surface area contributed by atoms with Gasteiger partial charge in [0.1, 0.15) is 29.4 Å². The van der Waals surface area contributed by atoms with E-state index < -0.39 is 5.82 Å². The second-order valence-corrected chi connectivity index (χ2v) is 9.91. The maximum absolute atomic E-state index is 16.3. The van der Waals surface area contributed by atoms with Crippen LogP contribution in [0.25, 0.3) is 32.9 Å². The van der Waals surface area contributed by atoms with Gasteiger partial charge in [-0.05, 0) is 62.3 Å². The number of aromatic nitrogens is 3. The summed E-state index contributed by atoms with van der Waals surface area (Å²) >= 11 is 0. The SMILES string of the molecule is CN1CCC[C@H]1COc1nc(N2CCCNCC2)c2cnc(-c3cc(O)cc4ccccc34)c(F)c2n1. The molecule has 0 saturated carbocycles. The predicted molar refractivity (Wildman–Crippen MR) is 143 cm³/mol. The first-order valence-electron chi connectivity index (χ1n) is 13.0. The quantitative estimate of drug-likeness (QED) is 0.424. The number of likely N-dealkylation sites (N-methyl/N-ethyl adjacent to an activating group) is 1. The lowest BCUT2D eigenvalue weighted by Gasteiger charge is -2.24. The Labute approximate surface area is 215 Å². The molecule has 2 fully saturated rings. The summed E-state index contributed by atoms with van der Waals surface area (Å²) in [4.78, 5) is 18.3. The van der Waals surface area contributed by atoms with Crippen LogP contribution in [-0.4, -0.2) is 77.4 Å². The van der Waals surface area contributed by atoms with Gasteiger partial charge in [0.05, 0.1) is 5.39 Å². The molecule has 2 aliphatic rings. The number of nitrogens with one attached hydrogen (secondary N) is 1. The number of ether oxygens (including phenoxy) is 1. The summed E-state index contributed by atoms with van der Waals surface area (Å²) in [6, 6.07) is 11.2. The minimum atomic E-state index is -0.548. The van der Waals surface area contributed by atoms with Crippen LogP contribution < -0.4 is 15.0 Å². The molecule has 192 valence electrons. The number of nitrogens with zero attached hydrogens (tertiary/aromatic N) is 5. The van der Waals surface area contributed by atoms with E-state index in [1.54, 1.807) is 18.3 Å². The van der Waals surface area contributed by atoms with E-state index >= 15 is 4.39 Å². The average Bonchev–Trinajstić information content (AvgIpc) is 3.13. The van der Waals surface area contributed by atoms with Gasteiger partial charge in [0.25, 0.3) is 0 Å². The van der Waals surface area contributed by atoms with Gasteiger partial charge in [0, 0.05) is 37.4 Å². The molecule has 2 aliphatic heterocycles. The summed E-state index contributed by atoms with van der Waals surface area (Å²) in [6.07, 6.45) is 4.80. The van der Waals surface area contributed by atoms with Gasteiger partial charge < -0.3 is 25.0 Å². The number of benzene rings is 2. The first-order valence-corrected chi connectivity index (χ1v) is 13.0. The van der Waals surface area contributed by atoms with Crippen LogP contribution in [0.4, 0.5) is 10.2 Å². The molecule has 0 amide bonds. The van der Waals surface area contributed by atoms with Crippen molar-refractivity contribution in [3.63, 3.8) is 0 Å². The number of fused-ring (bicyclic) bond motifs is 2. The third kappa shape index (κ3) is 4.65. The Balaban J connectivity index is 1.48. The zero-order valence-electron chi connectivity index (χ0n) is 21.0. The van der Waals surface area contributed by atoms with Crippen molar-refractivity contribution >= 4 is 27.5 Å². The lowest BCUT2D eigenvalue weighted by Crippen LogP contribution is -2.31. The number of aromatic hydroxyl groups is 1. The summed E-state index contributed by atoms with van der Waals surface area (Å²) in [7, 11) is 2.09. The van der Waals surface area contributed by atoms with Crippen LogP contribution in [0.5, 0.6) is 11.8 Å². The lowest BCUT2D eigenvalue weighted by atomic mass is 10.0. The monoisotopic (exact) mass is 502 g/mol. The molecule has 4 heterocycles. The van der Waals surface area contributed by atoms with E-state index in [0.29, 0.717) is 29.4 Å². The minimum Gasteiger partial charge on any atom is -0.508 e. The average molecular weight is 503 g/mol. The summed E-state index contributed by atoms with van der Waals surface area (Å²) in [5.41, 5.74) is 0.835. The van der Waals surface area contributed by atoms with Crippen LogP contribution >= 0.6 is 0 Å². The van der Waals surface area contributed by atoms with Gasteiger partial charge in [-0.1, -0.05) is 24.3 Å². The van der Waals surface area contributed by atoms with E-state index in [1.165, 1.54) is 0 Å². The molecule has 0 aliphatic carbocycles. The first kappa shape index (κ1) is 23.8. The van der Waals surface area contributed by atoms with E-state index in [0.717, 1.165) is 62.8 Å². The Morgan fingerprint density at radius 2 is 1.97 bits per heavy atom. The molecule has 37 heavy (non-hydrogen) atoms. The first-order chi connectivity index (χ1) is 18.1. The van der Waals surface area contributed by atoms with E-state index in [9.17, 15) is 5.11 Å². The molecule has 0 spiro atoms. The number of hydrogen-bond acceptors (Lipinski definition) is 8. The van der Waals surface area contributed by atoms with Crippen molar-refractivity contribution in [2.75, 3.05) is 51.3 Å². The molecule has 9 heteroatoms. The fourth-order valence-electron chi connectivity index (χ4n) is 5.42. The van der Waals surface area contributed by atoms with E-state index in [-0.39, 0.29) is 23.0 Å². The fourth-order valence-corrected chi connectivity index (χ4v) is 5.42.